The van der Waals surface area contributed by atoms with Gasteiger partial charge in [-0.1, -0.05) is 17.7 Å². The topological polar surface area (TPSA) is 73.3 Å². The molecule has 5 heteroatoms. The highest BCUT2D eigenvalue weighted by atomic mass is 16.4. The Morgan fingerprint density at radius 3 is 2.75 bits per heavy atom. The molecule has 1 aromatic heterocycles. The lowest BCUT2D eigenvalue weighted by Crippen LogP contribution is -2.21. The van der Waals surface area contributed by atoms with Gasteiger partial charge < -0.3 is 14.4 Å². The highest BCUT2D eigenvalue weighted by Crippen LogP contribution is 2.30. The van der Waals surface area contributed by atoms with Gasteiger partial charge in [0.25, 0.3) is 0 Å². The number of benzene rings is 1. The minimum Gasteiger partial charge on any atom is -0.419 e. The lowest BCUT2D eigenvalue weighted by molar-refractivity contribution is 0.198. The minimum absolute atomic E-state index is 0.273. The molecule has 0 spiro atoms. The summed E-state index contributed by atoms with van der Waals surface area (Å²) in [5.74, 6) is 0.901. The first kappa shape index (κ1) is 12.7. The minimum atomic E-state index is -0.366. The molecule has 1 unspecified atom stereocenters. The van der Waals surface area contributed by atoms with Crippen LogP contribution in [0.4, 0.5) is 5.88 Å². The molecule has 1 aromatic carbocycles. The molecule has 1 N–H and O–H groups in total. The lowest BCUT2D eigenvalue weighted by atomic mass is 10.1. The molecule has 1 atom stereocenters. The van der Waals surface area contributed by atoms with E-state index in [9.17, 15) is 10.4 Å². The van der Waals surface area contributed by atoms with E-state index in [1.807, 2.05) is 36.1 Å². The van der Waals surface area contributed by atoms with Crippen LogP contribution >= 0.6 is 0 Å². The van der Waals surface area contributed by atoms with E-state index >= 15 is 0 Å². The number of rotatable bonds is 2. The molecule has 3 rings (SSSR count). The SMILES string of the molecule is Cc1ccc(-c2nc(C#N)c(N3CCC(O)C3)o2)cc1. The predicted molar refractivity (Wildman–Crippen MR) is 74.2 cm³/mol. The van der Waals surface area contributed by atoms with Crippen LogP contribution in [0.1, 0.15) is 17.7 Å². The van der Waals surface area contributed by atoms with E-state index in [0.717, 1.165) is 11.1 Å². The molecule has 1 aliphatic rings. The first-order valence-corrected chi connectivity index (χ1v) is 6.58. The third-order valence-electron chi connectivity index (χ3n) is 3.46. The number of aryl methyl sites for hydroxylation is 1. The van der Waals surface area contributed by atoms with Crippen molar-refractivity contribution in [1.29, 1.82) is 5.26 Å². The summed E-state index contributed by atoms with van der Waals surface area (Å²) in [6.45, 7) is 3.17. The van der Waals surface area contributed by atoms with E-state index in [2.05, 4.69) is 11.1 Å². The Bertz CT molecular complexity index is 655. The van der Waals surface area contributed by atoms with Gasteiger partial charge >= 0.3 is 0 Å². The van der Waals surface area contributed by atoms with Gasteiger partial charge in [0.05, 0.1) is 6.10 Å². The van der Waals surface area contributed by atoms with Gasteiger partial charge in [-0.15, -0.1) is 0 Å². The van der Waals surface area contributed by atoms with Crippen molar-refractivity contribution < 1.29 is 9.52 Å². The molecule has 0 radical (unpaired) electrons. The van der Waals surface area contributed by atoms with E-state index in [1.165, 1.54) is 0 Å². The Balaban J connectivity index is 1.96. The average molecular weight is 269 g/mol. The summed E-state index contributed by atoms with van der Waals surface area (Å²) < 4.78 is 5.75. The summed E-state index contributed by atoms with van der Waals surface area (Å²) >= 11 is 0. The van der Waals surface area contributed by atoms with Crippen LogP contribution in [0.2, 0.25) is 0 Å². The van der Waals surface area contributed by atoms with Crippen LogP contribution in [-0.2, 0) is 0 Å². The number of oxazole rings is 1. The summed E-state index contributed by atoms with van der Waals surface area (Å²) in [6, 6.07) is 9.86. The quantitative estimate of drug-likeness (QED) is 0.903. The number of hydrogen-bond donors (Lipinski definition) is 1. The van der Waals surface area contributed by atoms with Crippen molar-refractivity contribution in [3.05, 3.63) is 35.5 Å². The molecule has 20 heavy (non-hydrogen) atoms. The zero-order valence-electron chi connectivity index (χ0n) is 11.2. The summed E-state index contributed by atoms with van der Waals surface area (Å²) in [4.78, 5) is 6.12. The smallest absolute Gasteiger partial charge is 0.235 e. The molecule has 102 valence electrons. The largest absolute Gasteiger partial charge is 0.419 e. The highest BCUT2D eigenvalue weighted by molar-refractivity contribution is 5.60. The first-order valence-electron chi connectivity index (χ1n) is 6.58. The molecule has 2 heterocycles. The zero-order valence-corrected chi connectivity index (χ0v) is 11.2. The zero-order chi connectivity index (χ0) is 14.1. The van der Waals surface area contributed by atoms with Crippen molar-refractivity contribution in [3.63, 3.8) is 0 Å². The maximum atomic E-state index is 9.59. The summed E-state index contributed by atoms with van der Waals surface area (Å²) in [5, 5.41) is 18.8. The number of nitrogens with zero attached hydrogens (tertiary/aromatic N) is 3. The summed E-state index contributed by atoms with van der Waals surface area (Å²) in [7, 11) is 0. The van der Waals surface area contributed by atoms with Gasteiger partial charge in [0.1, 0.15) is 6.07 Å². The normalized spacial score (nSPS) is 18.2. The molecule has 0 amide bonds. The van der Waals surface area contributed by atoms with Crippen molar-refractivity contribution >= 4 is 5.88 Å². The second kappa shape index (κ2) is 4.99. The van der Waals surface area contributed by atoms with Crippen molar-refractivity contribution in [2.75, 3.05) is 18.0 Å². The monoisotopic (exact) mass is 269 g/mol. The highest BCUT2D eigenvalue weighted by Gasteiger charge is 2.27. The van der Waals surface area contributed by atoms with Crippen LogP contribution in [0.25, 0.3) is 11.5 Å². The standard InChI is InChI=1S/C15H15N3O2/c1-10-2-4-11(5-3-10)14-17-13(8-16)15(20-14)18-7-6-12(19)9-18/h2-5,12,19H,6-7,9H2,1H3. The molecular weight excluding hydrogens is 254 g/mol. The third kappa shape index (κ3) is 2.26. The maximum absolute atomic E-state index is 9.59. The van der Waals surface area contributed by atoms with E-state index in [0.29, 0.717) is 31.3 Å². The van der Waals surface area contributed by atoms with Crippen molar-refractivity contribution in [3.8, 4) is 17.5 Å². The third-order valence-corrected chi connectivity index (χ3v) is 3.46. The van der Waals surface area contributed by atoms with E-state index in [1.54, 1.807) is 0 Å². The lowest BCUT2D eigenvalue weighted by Gasteiger charge is -2.13. The Labute approximate surface area is 117 Å². The van der Waals surface area contributed by atoms with Crippen molar-refractivity contribution in [1.82, 2.24) is 4.98 Å². The van der Waals surface area contributed by atoms with Crippen LogP contribution < -0.4 is 4.90 Å². The van der Waals surface area contributed by atoms with Crippen LogP contribution in [0, 0.1) is 18.3 Å². The van der Waals surface area contributed by atoms with Gasteiger partial charge in [0.2, 0.25) is 17.5 Å². The number of aliphatic hydroxyl groups excluding tert-OH is 1. The van der Waals surface area contributed by atoms with Gasteiger partial charge in [0.15, 0.2) is 0 Å². The van der Waals surface area contributed by atoms with Crippen LogP contribution in [0.15, 0.2) is 28.7 Å². The number of aliphatic hydroxyl groups is 1. The number of aromatic nitrogens is 1. The predicted octanol–water partition coefficient (Wildman–Crippen LogP) is 2.09. The average Bonchev–Trinajstić information content (AvgIpc) is 3.05. The summed E-state index contributed by atoms with van der Waals surface area (Å²) in [6.07, 6.45) is 0.320. The fraction of sp³-hybridized carbons (Fsp3) is 0.333. The second-order valence-electron chi connectivity index (χ2n) is 5.04. The Hall–Kier alpha value is -2.32. The second-order valence-corrected chi connectivity index (χ2v) is 5.04. The number of hydrogen-bond acceptors (Lipinski definition) is 5. The molecule has 2 aromatic rings. The molecular formula is C15H15N3O2. The van der Waals surface area contributed by atoms with Gasteiger partial charge in [-0.05, 0) is 25.5 Å². The summed E-state index contributed by atoms with van der Waals surface area (Å²) in [5.41, 5.74) is 2.27. The molecule has 5 nitrogen and oxygen atoms in total. The maximum Gasteiger partial charge on any atom is 0.235 e. The fourth-order valence-corrected chi connectivity index (χ4v) is 2.35. The number of anilines is 1. The Kier molecular flexibility index (Phi) is 3.17. The number of nitriles is 1. The van der Waals surface area contributed by atoms with Crippen LogP contribution in [-0.4, -0.2) is 29.3 Å². The molecule has 0 aliphatic carbocycles. The molecule has 1 fully saturated rings. The van der Waals surface area contributed by atoms with E-state index < -0.39 is 0 Å². The van der Waals surface area contributed by atoms with Gasteiger partial charge in [-0.2, -0.15) is 10.2 Å². The van der Waals surface area contributed by atoms with Gasteiger partial charge in [-0.3, -0.25) is 0 Å². The van der Waals surface area contributed by atoms with Crippen molar-refractivity contribution in [2.24, 2.45) is 0 Å². The van der Waals surface area contributed by atoms with E-state index in [-0.39, 0.29) is 11.8 Å². The Morgan fingerprint density at radius 1 is 1.40 bits per heavy atom. The Morgan fingerprint density at radius 2 is 2.15 bits per heavy atom. The molecule has 0 bridgehead atoms. The molecule has 1 saturated heterocycles. The van der Waals surface area contributed by atoms with Gasteiger partial charge in [0, 0.05) is 18.7 Å². The van der Waals surface area contributed by atoms with Crippen molar-refractivity contribution in [2.45, 2.75) is 19.4 Å². The first-order chi connectivity index (χ1) is 9.67. The van der Waals surface area contributed by atoms with Gasteiger partial charge in [-0.25, -0.2) is 0 Å². The molecule has 0 saturated carbocycles. The van der Waals surface area contributed by atoms with Crippen LogP contribution in [0.3, 0.4) is 0 Å². The fourth-order valence-electron chi connectivity index (χ4n) is 2.35. The van der Waals surface area contributed by atoms with Crippen LogP contribution in [0.5, 0.6) is 0 Å². The molecule has 1 aliphatic heterocycles. The number of β-amino-alcohol motifs (C(OH)–C–C–N with tert-alkyl or cyclic N) is 1. The van der Waals surface area contributed by atoms with E-state index in [4.69, 9.17) is 4.42 Å².